The van der Waals surface area contributed by atoms with Crippen molar-refractivity contribution < 1.29 is 9.59 Å². The van der Waals surface area contributed by atoms with Gasteiger partial charge < -0.3 is 16.4 Å². The molecule has 0 aromatic heterocycles. The van der Waals surface area contributed by atoms with Crippen LogP contribution in [0.4, 0.5) is 5.69 Å². The number of rotatable bonds is 7. The Hall–Kier alpha value is -1.59. The van der Waals surface area contributed by atoms with Crippen molar-refractivity contribution in [2.75, 3.05) is 11.9 Å². The Balaban J connectivity index is 0.00000261. The fourth-order valence-electron chi connectivity index (χ4n) is 3.92. The molecule has 0 radical (unpaired) electrons. The first-order valence-electron chi connectivity index (χ1n) is 9.92. The molecule has 0 saturated heterocycles. The maximum atomic E-state index is 12.5. The molecule has 150 valence electrons. The molecular weight excluding hydrogens is 362 g/mol. The molecule has 2 fully saturated rings. The summed E-state index contributed by atoms with van der Waals surface area (Å²) >= 11 is 0. The molecule has 2 aliphatic carbocycles. The van der Waals surface area contributed by atoms with E-state index in [1.165, 1.54) is 19.3 Å². The van der Waals surface area contributed by atoms with E-state index in [2.05, 4.69) is 10.6 Å². The van der Waals surface area contributed by atoms with Gasteiger partial charge in [0.15, 0.2) is 0 Å². The zero-order valence-corrected chi connectivity index (χ0v) is 16.9. The van der Waals surface area contributed by atoms with Gasteiger partial charge in [0, 0.05) is 18.0 Å². The van der Waals surface area contributed by atoms with Crippen LogP contribution in [0, 0.1) is 11.3 Å². The summed E-state index contributed by atoms with van der Waals surface area (Å²) < 4.78 is 0. The van der Waals surface area contributed by atoms with Crippen LogP contribution in [0.15, 0.2) is 24.3 Å². The van der Waals surface area contributed by atoms with E-state index in [1.54, 1.807) is 0 Å². The number of amides is 2. The molecule has 4 N–H and O–H groups in total. The Morgan fingerprint density at radius 3 is 2.33 bits per heavy atom. The summed E-state index contributed by atoms with van der Waals surface area (Å²) in [4.78, 5) is 24.3. The number of hydrogen-bond acceptors (Lipinski definition) is 3. The van der Waals surface area contributed by atoms with E-state index >= 15 is 0 Å². The number of nitrogens with one attached hydrogen (secondary N) is 2. The van der Waals surface area contributed by atoms with Crippen molar-refractivity contribution in [2.45, 2.75) is 64.3 Å². The Bertz CT molecular complexity index is 637. The van der Waals surface area contributed by atoms with Gasteiger partial charge in [0.1, 0.15) is 0 Å². The predicted molar refractivity (Wildman–Crippen MR) is 111 cm³/mol. The van der Waals surface area contributed by atoms with Crippen molar-refractivity contribution in [3.8, 4) is 0 Å². The van der Waals surface area contributed by atoms with E-state index in [4.69, 9.17) is 5.73 Å². The summed E-state index contributed by atoms with van der Waals surface area (Å²) in [5.41, 5.74) is 7.83. The van der Waals surface area contributed by atoms with Gasteiger partial charge >= 0.3 is 0 Å². The molecule has 2 amide bonds. The summed E-state index contributed by atoms with van der Waals surface area (Å²) in [6, 6.07) is 7.68. The van der Waals surface area contributed by atoms with Gasteiger partial charge in [-0.25, -0.2) is 0 Å². The van der Waals surface area contributed by atoms with Crippen LogP contribution >= 0.6 is 12.4 Å². The van der Waals surface area contributed by atoms with E-state index in [1.807, 2.05) is 31.2 Å². The first-order valence-corrected chi connectivity index (χ1v) is 9.92. The normalized spacial score (nSPS) is 19.5. The topological polar surface area (TPSA) is 84.2 Å². The molecule has 2 saturated carbocycles. The van der Waals surface area contributed by atoms with Gasteiger partial charge in [-0.15, -0.1) is 12.4 Å². The number of benzene rings is 1. The van der Waals surface area contributed by atoms with Crippen LogP contribution in [0.2, 0.25) is 0 Å². The number of hydrogen-bond donors (Lipinski definition) is 3. The molecule has 1 aromatic carbocycles. The van der Waals surface area contributed by atoms with Gasteiger partial charge in [-0.3, -0.25) is 9.59 Å². The maximum Gasteiger partial charge on any atom is 0.227 e. The largest absolute Gasteiger partial charge is 0.350 e. The van der Waals surface area contributed by atoms with Gasteiger partial charge in [0.2, 0.25) is 11.8 Å². The summed E-state index contributed by atoms with van der Waals surface area (Å²) in [7, 11) is 0. The molecule has 0 heterocycles. The van der Waals surface area contributed by atoms with Gasteiger partial charge in [0.25, 0.3) is 0 Å². The van der Waals surface area contributed by atoms with Crippen LogP contribution < -0.4 is 16.4 Å². The summed E-state index contributed by atoms with van der Waals surface area (Å²) in [6.45, 7) is 2.58. The summed E-state index contributed by atoms with van der Waals surface area (Å²) in [6.07, 6.45) is 8.23. The number of carbonyl (C=O) groups is 2. The molecule has 5 nitrogen and oxygen atoms in total. The average molecular weight is 394 g/mol. The summed E-state index contributed by atoms with van der Waals surface area (Å²) in [5.74, 6) is 0.386. The van der Waals surface area contributed by atoms with E-state index in [-0.39, 0.29) is 41.6 Å². The fraction of sp³-hybridized carbons (Fsp3) is 0.619. The number of nitrogens with two attached hydrogens (primary N) is 1. The monoisotopic (exact) mass is 393 g/mol. The lowest BCUT2D eigenvalue weighted by Crippen LogP contribution is -2.39. The third-order valence-corrected chi connectivity index (χ3v) is 5.89. The minimum absolute atomic E-state index is 0. The van der Waals surface area contributed by atoms with Crippen molar-refractivity contribution in [3.05, 3.63) is 29.8 Å². The molecule has 2 aliphatic rings. The standard InChI is InChI=1S/C21H31N3O2.ClH/c1-15(23-19(25)13-21(14-22)11-3-2-4-12-21)16-7-9-18(10-8-16)24-20(26)17-5-6-17;/h7-10,15,17H,2-6,11-14,22H2,1H3,(H,23,25)(H,24,26);1H. The van der Waals surface area contributed by atoms with Gasteiger partial charge in [-0.1, -0.05) is 31.4 Å². The van der Waals surface area contributed by atoms with Crippen LogP contribution in [0.5, 0.6) is 0 Å². The summed E-state index contributed by atoms with van der Waals surface area (Å²) in [5, 5.41) is 6.05. The predicted octanol–water partition coefficient (Wildman–Crippen LogP) is 3.93. The van der Waals surface area contributed by atoms with Crippen LogP contribution in [-0.4, -0.2) is 18.4 Å². The maximum absolute atomic E-state index is 12.5. The molecule has 3 rings (SSSR count). The highest BCUT2D eigenvalue weighted by atomic mass is 35.5. The minimum atomic E-state index is -0.0610. The van der Waals surface area contributed by atoms with Crippen molar-refractivity contribution in [2.24, 2.45) is 17.1 Å². The van der Waals surface area contributed by atoms with E-state index in [0.717, 1.165) is 36.9 Å². The number of carbonyl (C=O) groups excluding carboxylic acids is 2. The quantitative estimate of drug-likeness (QED) is 0.656. The zero-order valence-electron chi connectivity index (χ0n) is 16.1. The van der Waals surface area contributed by atoms with Gasteiger partial charge in [-0.05, 0) is 62.3 Å². The van der Waals surface area contributed by atoms with Crippen LogP contribution in [0.25, 0.3) is 0 Å². The lowest BCUT2D eigenvalue weighted by Gasteiger charge is -2.36. The van der Waals surface area contributed by atoms with Crippen molar-refractivity contribution >= 4 is 29.9 Å². The highest BCUT2D eigenvalue weighted by Gasteiger charge is 2.33. The molecule has 1 atom stereocenters. The molecule has 1 unspecified atom stereocenters. The SMILES string of the molecule is CC(NC(=O)CC1(CN)CCCCC1)c1ccc(NC(=O)C2CC2)cc1.Cl. The second kappa shape index (κ2) is 9.56. The molecule has 27 heavy (non-hydrogen) atoms. The fourth-order valence-corrected chi connectivity index (χ4v) is 3.92. The van der Waals surface area contributed by atoms with Gasteiger partial charge in [-0.2, -0.15) is 0 Å². The second-order valence-electron chi connectivity index (χ2n) is 8.12. The van der Waals surface area contributed by atoms with Crippen molar-refractivity contribution in [3.63, 3.8) is 0 Å². The van der Waals surface area contributed by atoms with Gasteiger partial charge in [0.05, 0.1) is 6.04 Å². The zero-order chi connectivity index (χ0) is 18.6. The number of halogens is 1. The first-order chi connectivity index (χ1) is 12.5. The minimum Gasteiger partial charge on any atom is -0.350 e. The Morgan fingerprint density at radius 1 is 1.15 bits per heavy atom. The highest BCUT2D eigenvalue weighted by molar-refractivity contribution is 5.94. The molecular formula is C21H32ClN3O2. The molecule has 0 aliphatic heterocycles. The molecule has 6 heteroatoms. The van der Waals surface area contributed by atoms with E-state index < -0.39 is 0 Å². The smallest absolute Gasteiger partial charge is 0.227 e. The second-order valence-corrected chi connectivity index (χ2v) is 8.12. The molecule has 0 bridgehead atoms. The first kappa shape index (κ1) is 21.7. The number of anilines is 1. The Morgan fingerprint density at radius 2 is 1.78 bits per heavy atom. The van der Waals surface area contributed by atoms with E-state index in [0.29, 0.717) is 13.0 Å². The molecule has 0 spiro atoms. The average Bonchev–Trinajstić information content (AvgIpc) is 3.48. The third kappa shape index (κ3) is 5.94. The highest BCUT2D eigenvalue weighted by Crippen LogP contribution is 2.38. The Labute approximate surface area is 168 Å². The van der Waals surface area contributed by atoms with Crippen LogP contribution in [-0.2, 0) is 9.59 Å². The lowest BCUT2D eigenvalue weighted by atomic mass is 9.71. The van der Waals surface area contributed by atoms with Crippen LogP contribution in [0.1, 0.15) is 69.9 Å². The molecule has 1 aromatic rings. The van der Waals surface area contributed by atoms with Crippen molar-refractivity contribution in [1.29, 1.82) is 0 Å². The Kier molecular flexibility index (Phi) is 7.68. The van der Waals surface area contributed by atoms with Crippen molar-refractivity contribution in [1.82, 2.24) is 5.32 Å². The third-order valence-electron chi connectivity index (χ3n) is 5.89. The lowest BCUT2D eigenvalue weighted by molar-refractivity contribution is -0.124. The van der Waals surface area contributed by atoms with Crippen LogP contribution in [0.3, 0.4) is 0 Å². The van der Waals surface area contributed by atoms with E-state index in [9.17, 15) is 9.59 Å².